The van der Waals surface area contributed by atoms with Gasteiger partial charge in [-0.15, -0.1) is 0 Å². The lowest BCUT2D eigenvalue weighted by atomic mass is 10.2. The van der Waals surface area contributed by atoms with Crippen LogP contribution >= 0.6 is 22.6 Å². The molecular weight excluding hydrogens is 329 g/mol. The van der Waals surface area contributed by atoms with E-state index in [1.54, 1.807) is 6.07 Å². The van der Waals surface area contributed by atoms with Gasteiger partial charge < -0.3 is 5.32 Å². The SMILES string of the molecule is Cc1[nH]nc(NC(=O)c2ccccc2I)c1C. The fourth-order valence-electron chi connectivity index (χ4n) is 1.43. The van der Waals surface area contributed by atoms with Crippen LogP contribution in [0.25, 0.3) is 0 Å². The molecule has 2 N–H and O–H groups in total. The Hall–Kier alpha value is -1.37. The Morgan fingerprint density at radius 2 is 2.06 bits per heavy atom. The number of H-pyrrole nitrogens is 1. The van der Waals surface area contributed by atoms with Crippen molar-refractivity contribution in [1.29, 1.82) is 0 Å². The first-order chi connectivity index (χ1) is 8.09. The van der Waals surface area contributed by atoms with Crippen molar-refractivity contribution in [3.8, 4) is 0 Å². The maximum atomic E-state index is 12.0. The van der Waals surface area contributed by atoms with Gasteiger partial charge in [0.25, 0.3) is 5.91 Å². The molecule has 0 saturated heterocycles. The Kier molecular flexibility index (Phi) is 3.46. The van der Waals surface area contributed by atoms with Crippen LogP contribution < -0.4 is 5.32 Å². The number of benzene rings is 1. The smallest absolute Gasteiger partial charge is 0.257 e. The minimum atomic E-state index is -0.135. The highest BCUT2D eigenvalue weighted by Crippen LogP contribution is 2.17. The van der Waals surface area contributed by atoms with Crippen LogP contribution in [0.3, 0.4) is 0 Å². The van der Waals surface area contributed by atoms with Crippen molar-refractivity contribution in [2.75, 3.05) is 5.32 Å². The summed E-state index contributed by atoms with van der Waals surface area (Å²) in [5, 5.41) is 9.69. The first-order valence-electron chi connectivity index (χ1n) is 5.17. The number of rotatable bonds is 2. The van der Waals surface area contributed by atoms with E-state index < -0.39 is 0 Å². The lowest BCUT2D eigenvalue weighted by molar-refractivity contribution is 0.102. The van der Waals surface area contributed by atoms with Gasteiger partial charge in [-0.25, -0.2) is 0 Å². The number of aromatic nitrogens is 2. The molecule has 0 unspecified atom stereocenters. The molecule has 0 bridgehead atoms. The Balaban J connectivity index is 2.23. The third-order valence-electron chi connectivity index (χ3n) is 2.60. The molecule has 17 heavy (non-hydrogen) atoms. The highest BCUT2D eigenvalue weighted by Gasteiger charge is 2.13. The molecule has 0 spiro atoms. The van der Waals surface area contributed by atoms with Gasteiger partial charge in [-0.2, -0.15) is 5.10 Å². The van der Waals surface area contributed by atoms with Crippen LogP contribution in [0, 0.1) is 17.4 Å². The molecule has 0 aliphatic rings. The van der Waals surface area contributed by atoms with Crippen LogP contribution in [-0.2, 0) is 0 Å². The summed E-state index contributed by atoms with van der Waals surface area (Å²) in [5.41, 5.74) is 2.58. The van der Waals surface area contributed by atoms with E-state index in [1.807, 2.05) is 32.0 Å². The van der Waals surface area contributed by atoms with Crippen LogP contribution in [-0.4, -0.2) is 16.1 Å². The number of carbonyl (C=O) groups excluding carboxylic acids is 1. The van der Waals surface area contributed by atoms with Crippen LogP contribution in [0.2, 0.25) is 0 Å². The largest absolute Gasteiger partial charge is 0.305 e. The lowest BCUT2D eigenvalue weighted by Gasteiger charge is -2.04. The number of aromatic amines is 1. The van der Waals surface area contributed by atoms with Gasteiger partial charge in [0.2, 0.25) is 0 Å². The number of carbonyl (C=O) groups is 1. The monoisotopic (exact) mass is 341 g/mol. The Labute approximate surface area is 113 Å². The summed E-state index contributed by atoms with van der Waals surface area (Å²) < 4.78 is 0.924. The molecule has 0 aliphatic heterocycles. The summed E-state index contributed by atoms with van der Waals surface area (Å²) in [7, 11) is 0. The molecule has 1 heterocycles. The molecule has 2 aromatic rings. The van der Waals surface area contributed by atoms with Crippen LogP contribution in [0.15, 0.2) is 24.3 Å². The Morgan fingerprint density at radius 1 is 1.35 bits per heavy atom. The number of hydrogen-bond donors (Lipinski definition) is 2. The normalized spacial score (nSPS) is 10.3. The summed E-state index contributed by atoms with van der Waals surface area (Å²) in [6.45, 7) is 3.84. The zero-order valence-corrected chi connectivity index (χ0v) is 11.7. The van der Waals surface area contributed by atoms with Crippen molar-refractivity contribution in [2.45, 2.75) is 13.8 Å². The molecule has 0 atom stereocenters. The average Bonchev–Trinajstić information content (AvgIpc) is 2.61. The molecule has 5 heteroatoms. The summed E-state index contributed by atoms with van der Waals surface area (Å²) in [4.78, 5) is 12.0. The lowest BCUT2D eigenvalue weighted by Crippen LogP contribution is -2.14. The average molecular weight is 341 g/mol. The standard InChI is InChI=1S/C12H12IN3O/c1-7-8(2)15-16-11(7)14-12(17)9-5-3-4-6-10(9)13/h3-6H,1-2H3,(H2,14,15,16,17). The molecule has 1 amide bonds. The van der Waals surface area contributed by atoms with Crippen molar-refractivity contribution < 1.29 is 4.79 Å². The van der Waals surface area contributed by atoms with Gasteiger partial charge >= 0.3 is 0 Å². The summed E-state index contributed by atoms with van der Waals surface area (Å²) in [6, 6.07) is 7.45. The number of amides is 1. The van der Waals surface area contributed by atoms with E-state index in [9.17, 15) is 4.79 Å². The number of halogens is 1. The van der Waals surface area contributed by atoms with Gasteiger partial charge in [0.15, 0.2) is 5.82 Å². The van der Waals surface area contributed by atoms with Crippen molar-refractivity contribution in [1.82, 2.24) is 10.2 Å². The molecule has 0 fully saturated rings. The van der Waals surface area contributed by atoms with Gasteiger partial charge in [0.05, 0.1) is 5.56 Å². The van der Waals surface area contributed by atoms with E-state index in [-0.39, 0.29) is 5.91 Å². The van der Waals surface area contributed by atoms with Gasteiger partial charge in [-0.1, -0.05) is 12.1 Å². The summed E-state index contributed by atoms with van der Waals surface area (Å²) in [6.07, 6.45) is 0. The fourth-order valence-corrected chi connectivity index (χ4v) is 2.06. The second kappa shape index (κ2) is 4.87. The van der Waals surface area contributed by atoms with Gasteiger partial charge in [-0.3, -0.25) is 9.89 Å². The zero-order valence-electron chi connectivity index (χ0n) is 9.54. The van der Waals surface area contributed by atoms with E-state index in [0.717, 1.165) is 14.8 Å². The maximum absolute atomic E-state index is 12.0. The number of nitrogens with zero attached hydrogens (tertiary/aromatic N) is 1. The predicted octanol–water partition coefficient (Wildman–Crippen LogP) is 2.88. The molecular formula is C12H12IN3O. The van der Waals surface area contributed by atoms with E-state index in [0.29, 0.717) is 11.4 Å². The molecule has 0 aliphatic carbocycles. The van der Waals surface area contributed by atoms with Crippen molar-refractivity contribution in [3.63, 3.8) is 0 Å². The molecule has 88 valence electrons. The summed E-state index contributed by atoms with van der Waals surface area (Å²) >= 11 is 2.14. The highest BCUT2D eigenvalue weighted by molar-refractivity contribution is 14.1. The van der Waals surface area contributed by atoms with Crippen molar-refractivity contribution in [2.24, 2.45) is 0 Å². The van der Waals surface area contributed by atoms with Crippen molar-refractivity contribution in [3.05, 3.63) is 44.7 Å². The van der Waals surface area contributed by atoms with Crippen LogP contribution in [0.5, 0.6) is 0 Å². The fraction of sp³-hybridized carbons (Fsp3) is 0.167. The second-order valence-corrected chi connectivity index (χ2v) is 4.92. The Bertz CT molecular complexity index is 563. The van der Waals surface area contributed by atoms with E-state index >= 15 is 0 Å². The number of nitrogens with one attached hydrogen (secondary N) is 2. The maximum Gasteiger partial charge on any atom is 0.257 e. The van der Waals surface area contributed by atoms with Gasteiger partial charge in [0, 0.05) is 14.8 Å². The van der Waals surface area contributed by atoms with E-state index in [4.69, 9.17) is 0 Å². The first kappa shape index (κ1) is 12.1. The number of aryl methyl sites for hydroxylation is 1. The topological polar surface area (TPSA) is 57.8 Å². The molecule has 4 nitrogen and oxygen atoms in total. The second-order valence-electron chi connectivity index (χ2n) is 3.76. The summed E-state index contributed by atoms with van der Waals surface area (Å²) in [5.74, 6) is 0.455. The predicted molar refractivity (Wildman–Crippen MR) is 75.2 cm³/mol. The number of anilines is 1. The minimum Gasteiger partial charge on any atom is -0.305 e. The minimum absolute atomic E-state index is 0.135. The Morgan fingerprint density at radius 3 is 2.65 bits per heavy atom. The van der Waals surface area contributed by atoms with E-state index in [2.05, 4.69) is 38.1 Å². The molecule has 0 radical (unpaired) electrons. The molecule has 1 aromatic carbocycles. The quantitative estimate of drug-likeness (QED) is 0.826. The first-order valence-corrected chi connectivity index (χ1v) is 6.25. The van der Waals surface area contributed by atoms with Crippen LogP contribution in [0.4, 0.5) is 5.82 Å². The van der Waals surface area contributed by atoms with Crippen molar-refractivity contribution >= 4 is 34.3 Å². The van der Waals surface area contributed by atoms with E-state index in [1.165, 1.54) is 0 Å². The molecule has 2 rings (SSSR count). The zero-order chi connectivity index (χ0) is 12.4. The van der Waals surface area contributed by atoms with Crippen LogP contribution in [0.1, 0.15) is 21.6 Å². The third kappa shape index (κ3) is 2.49. The number of hydrogen-bond acceptors (Lipinski definition) is 2. The molecule has 1 aromatic heterocycles. The third-order valence-corrected chi connectivity index (χ3v) is 3.54. The highest BCUT2D eigenvalue weighted by atomic mass is 127. The molecule has 0 saturated carbocycles. The van der Waals surface area contributed by atoms with Gasteiger partial charge in [0.1, 0.15) is 0 Å². The van der Waals surface area contributed by atoms with Gasteiger partial charge in [-0.05, 0) is 48.6 Å².